The minimum atomic E-state index is 0.0222. The second-order valence-corrected chi connectivity index (χ2v) is 10.3. The monoisotopic (exact) mass is 541 g/mol. The van der Waals surface area contributed by atoms with E-state index < -0.39 is 0 Å². The number of amides is 1. The van der Waals surface area contributed by atoms with Crippen molar-refractivity contribution in [2.24, 2.45) is 0 Å². The van der Waals surface area contributed by atoms with E-state index >= 15 is 0 Å². The Morgan fingerprint density at radius 2 is 2.00 bits per heavy atom. The molecule has 0 radical (unpaired) electrons. The minimum Gasteiger partial charge on any atom is -0.495 e. The number of carbonyl (C=O) groups is 1. The number of hydrogen-bond acceptors (Lipinski definition) is 8. The highest BCUT2D eigenvalue weighted by Gasteiger charge is 2.28. The summed E-state index contributed by atoms with van der Waals surface area (Å²) < 4.78 is 11.1. The first-order chi connectivity index (χ1) is 18.5. The average Bonchev–Trinajstić information content (AvgIpc) is 3.33. The standard InChI is InChI=1S/C27H36ClN7O3/c1-4-17(2)30-25-23-20(28)16-29-24(23)32-27(33-25)31-21-6-5-18(15-22(21)37-3)26(36)35-9-7-19(8-10-35)34-11-13-38-14-12-34/h5-6,15-17,19H,4,7-14H2,1-3H3,(H3,29,30,31,32,33)/t17-/m0/s1. The number of anilines is 3. The van der Waals surface area contributed by atoms with E-state index in [1.165, 1.54) is 0 Å². The number of ether oxygens (including phenoxy) is 2. The molecule has 10 nitrogen and oxygen atoms in total. The van der Waals surface area contributed by atoms with E-state index in [0.717, 1.165) is 64.0 Å². The first-order valence-electron chi connectivity index (χ1n) is 13.3. The van der Waals surface area contributed by atoms with Gasteiger partial charge in [-0.15, -0.1) is 0 Å². The number of piperidine rings is 1. The molecule has 2 aliphatic heterocycles. The van der Waals surface area contributed by atoms with E-state index in [2.05, 4.69) is 44.3 Å². The lowest BCUT2D eigenvalue weighted by molar-refractivity contribution is 0.00159. The van der Waals surface area contributed by atoms with Crippen LogP contribution in [0.15, 0.2) is 24.4 Å². The number of fused-ring (bicyclic) bond motifs is 1. The van der Waals surface area contributed by atoms with Gasteiger partial charge in [0.15, 0.2) is 0 Å². The SMILES string of the molecule is CC[C@H](C)Nc1nc(Nc2ccc(C(=O)N3CCC(N4CCOCC4)CC3)cc2OC)nc2[nH]cc(Cl)c12. The number of likely N-dealkylation sites (tertiary alicyclic amines) is 1. The van der Waals surface area contributed by atoms with E-state index in [0.29, 0.717) is 45.5 Å². The van der Waals surface area contributed by atoms with Gasteiger partial charge in [-0.2, -0.15) is 9.97 Å². The number of aromatic amines is 1. The van der Waals surface area contributed by atoms with Crippen molar-refractivity contribution in [3.8, 4) is 5.75 Å². The molecule has 3 N–H and O–H groups in total. The van der Waals surface area contributed by atoms with Gasteiger partial charge in [0.05, 0.1) is 36.4 Å². The molecule has 0 unspecified atom stereocenters. The van der Waals surface area contributed by atoms with Crippen LogP contribution in [0.2, 0.25) is 5.02 Å². The van der Waals surface area contributed by atoms with E-state index in [9.17, 15) is 4.79 Å². The highest BCUT2D eigenvalue weighted by atomic mass is 35.5. The maximum Gasteiger partial charge on any atom is 0.253 e. The van der Waals surface area contributed by atoms with Crippen molar-refractivity contribution in [1.29, 1.82) is 0 Å². The van der Waals surface area contributed by atoms with Gasteiger partial charge in [0.2, 0.25) is 5.95 Å². The first kappa shape index (κ1) is 26.5. The number of nitrogens with one attached hydrogen (secondary N) is 3. The summed E-state index contributed by atoms with van der Waals surface area (Å²) in [5, 5.41) is 7.98. The van der Waals surface area contributed by atoms with Crippen LogP contribution in [0, 0.1) is 0 Å². The number of nitrogens with zero attached hydrogens (tertiary/aromatic N) is 4. The number of benzene rings is 1. The molecule has 2 fully saturated rings. The number of methoxy groups -OCH3 is 1. The van der Waals surface area contributed by atoms with Gasteiger partial charge in [0, 0.05) is 50.0 Å². The Balaban J connectivity index is 1.30. The maximum absolute atomic E-state index is 13.3. The molecule has 11 heteroatoms. The highest BCUT2D eigenvalue weighted by molar-refractivity contribution is 6.36. The Kier molecular flexibility index (Phi) is 8.21. The second kappa shape index (κ2) is 11.8. The van der Waals surface area contributed by atoms with Crippen molar-refractivity contribution >= 4 is 46.0 Å². The molecule has 2 aromatic heterocycles. The Bertz CT molecular complexity index is 1270. The molecule has 2 saturated heterocycles. The van der Waals surface area contributed by atoms with E-state index in [-0.39, 0.29) is 11.9 Å². The maximum atomic E-state index is 13.3. The van der Waals surface area contributed by atoms with Crippen LogP contribution in [0.1, 0.15) is 43.5 Å². The van der Waals surface area contributed by atoms with Gasteiger partial charge >= 0.3 is 0 Å². The smallest absolute Gasteiger partial charge is 0.253 e. The van der Waals surface area contributed by atoms with Crippen molar-refractivity contribution in [2.75, 3.05) is 57.1 Å². The fourth-order valence-corrected chi connectivity index (χ4v) is 5.33. The molecule has 38 heavy (non-hydrogen) atoms. The molecule has 4 heterocycles. The van der Waals surface area contributed by atoms with Gasteiger partial charge in [-0.05, 0) is 44.4 Å². The third-order valence-corrected chi connectivity index (χ3v) is 7.79. The Hall–Kier alpha value is -3.08. The molecular formula is C27H36ClN7O3. The lowest BCUT2D eigenvalue weighted by Crippen LogP contribution is -2.50. The molecule has 1 amide bonds. The summed E-state index contributed by atoms with van der Waals surface area (Å²) in [5.41, 5.74) is 1.90. The van der Waals surface area contributed by atoms with Crippen molar-refractivity contribution in [3.63, 3.8) is 0 Å². The van der Waals surface area contributed by atoms with Crippen LogP contribution < -0.4 is 15.4 Å². The lowest BCUT2D eigenvalue weighted by atomic mass is 10.0. The third kappa shape index (κ3) is 5.67. The zero-order valence-corrected chi connectivity index (χ0v) is 23.0. The molecule has 204 valence electrons. The molecule has 2 aliphatic rings. The topological polar surface area (TPSA) is 108 Å². The van der Waals surface area contributed by atoms with Gasteiger partial charge in [-0.1, -0.05) is 18.5 Å². The quantitative estimate of drug-likeness (QED) is 0.382. The Labute approximate surface area is 228 Å². The van der Waals surface area contributed by atoms with Crippen molar-refractivity contribution in [3.05, 3.63) is 35.0 Å². The van der Waals surface area contributed by atoms with Gasteiger partial charge in [0.1, 0.15) is 17.2 Å². The summed E-state index contributed by atoms with van der Waals surface area (Å²) in [7, 11) is 1.59. The number of morpholine rings is 1. The van der Waals surface area contributed by atoms with Crippen LogP contribution in [0.4, 0.5) is 17.5 Å². The fraction of sp³-hybridized carbons (Fsp3) is 0.519. The molecule has 0 spiro atoms. The average molecular weight is 542 g/mol. The molecule has 0 bridgehead atoms. The van der Waals surface area contributed by atoms with Gasteiger partial charge in [-0.3, -0.25) is 9.69 Å². The number of carbonyl (C=O) groups excluding carboxylic acids is 1. The van der Waals surface area contributed by atoms with Crippen LogP contribution in [-0.4, -0.2) is 89.2 Å². The molecular weight excluding hydrogens is 506 g/mol. The normalized spacial score (nSPS) is 17.9. The van der Waals surface area contributed by atoms with Gasteiger partial charge in [0.25, 0.3) is 5.91 Å². The predicted molar refractivity (Wildman–Crippen MR) is 150 cm³/mol. The van der Waals surface area contributed by atoms with Crippen LogP contribution in [-0.2, 0) is 4.74 Å². The molecule has 0 saturated carbocycles. The fourth-order valence-electron chi connectivity index (χ4n) is 5.10. The summed E-state index contributed by atoms with van der Waals surface area (Å²) >= 11 is 6.39. The number of halogens is 1. The van der Waals surface area contributed by atoms with Crippen LogP contribution >= 0.6 is 11.6 Å². The number of rotatable bonds is 8. The molecule has 5 rings (SSSR count). The first-order valence-corrected chi connectivity index (χ1v) is 13.7. The second-order valence-electron chi connectivity index (χ2n) is 9.92. The van der Waals surface area contributed by atoms with Crippen LogP contribution in [0.3, 0.4) is 0 Å². The van der Waals surface area contributed by atoms with Crippen LogP contribution in [0.25, 0.3) is 11.0 Å². The van der Waals surface area contributed by atoms with Gasteiger partial charge < -0.3 is 30.0 Å². The predicted octanol–water partition coefficient (Wildman–Crippen LogP) is 4.51. The van der Waals surface area contributed by atoms with Crippen molar-refractivity contribution in [1.82, 2.24) is 24.8 Å². The lowest BCUT2D eigenvalue weighted by Gasteiger charge is -2.40. The van der Waals surface area contributed by atoms with Crippen LogP contribution in [0.5, 0.6) is 5.75 Å². The Morgan fingerprint density at radius 1 is 1.24 bits per heavy atom. The summed E-state index contributed by atoms with van der Waals surface area (Å²) in [6.07, 6.45) is 4.61. The summed E-state index contributed by atoms with van der Waals surface area (Å²) in [6, 6.07) is 6.18. The molecule has 1 atom stereocenters. The summed E-state index contributed by atoms with van der Waals surface area (Å²) in [6.45, 7) is 9.25. The Morgan fingerprint density at radius 3 is 2.71 bits per heavy atom. The zero-order valence-electron chi connectivity index (χ0n) is 22.2. The van der Waals surface area contributed by atoms with E-state index in [1.54, 1.807) is 19.4 Å². The van der Waals surface area contributed by atoms with Crippen molar-refractivity contribution in [2.45, 2.75) is 45.2 Å². The summed E-state index contributed by atoms with van der Waals surface area (Å²) in [4.78, 5) is 30.1. The van der Waals surface area contributed by atoms with E-state index in [4.69, 9.17) is 21.1 Å². The number of hydrogen-bond donors (Lipinski definition) is 3. The number of H-pyrrole nitrogens is 1. The zero-order chi connectivity index (χ0) is 26.6. The van der Waals surface area contributed by atoms with Gasteiger partial charge in [-0.25, -0.2) is 0 Å². The molecule has 3 aromatic rings. The highest BCUT2D eigenvalue weighted by Crippen LogP contribution is 2.33. The third-order valence-electron chi connectivity index (χ3n) is 7.49. The van der Waals surface area contributed by atoms with Crippen molar-refractivity contribution < 1.29 is 14.3 Å². The minimum absolute atomic E-state index is 0.0222. The number of aromatic nitrogens is 3. The largest absolute Gasteiger partial charge is 0.495 e. The summed E-state index contributed by atoms with van der Waals surface area (Å²) in [5.74, 6) is 1.62. The van der Waals surface area contributed by atoms with E-state index in [1.807, 2.05) is 17.0 Å². The molecule has 0 aliphatic carbocycles. The molecule has 1 aromatic carbocycles.